The third-order valence-electron chi connectivity index (χ3n) is 6.59. The number of rotatable bonds is 27. The molecule has 0 aliphatic rings. The minimum absolute atomic E-state index is 0.236. The first kappa shape index (κ1) is 37.1. The fraction of sp³-hybridized carbons (Fsp3) is 0.688. The van der Waals surface area contributed by atoms with Crippen LogP contribution < -0.4 is 0 Å². The summed E-state index contributed by atoms with van der Waals surface area (Å²) in [4.78, 5) is 47.4. The van der Waals surface area contributed by atoms with Gasteiger partial charge in [0.15, 0.2) is 0 Å². The number of hydrogen-bond acceptors (Lipinski definition) is 8. The van der Waals surface area contributed by atoms with Crippen molar-refractivity contribution in [1.29, 1.82) is 0 Å². The van der Waals surface area contributed by atoms with E-state index in [2.05, 4.69) is 26.7 Å². The molecule has 0 aliphatic carbocycles. The Labute approximate surface area is 241 Å². The zero-order chi connectivity index (χ0) is 29.9. The van der Waals surface area contributed by atoms with Gasteiger partial charge in [-0.2, -0.15) is 0 Å². The topological polar surface area (TPSA) is 105 Å². The lowest BCUT2D eigenvalue weighted by Crippen LogP contribution is -2.43. The van der Waals surface area contributed by atoms with Crippen molar-refractivity contribution in [2.75, 3.05) is 26.4 Å². The lowest BCUT2D eigenvalue weighted by Gasteiger charge is -2.31. The smallest absolute Gasteiger partial charge is 0.330 e. The fourth-order valence-electron chi connectivity index (χ4n) is 4.05. The number of carbonyl (C=O) groups excluding carboxylic acids is 4. The highest BCUT2D eigenvalue weighted by Gasteiger charge is 2.37. The van der Waals surface area contributed by atoms with Gasteiger partial charge in [-0.15, -0.1) is 0 Å². The van der Waals surface area contributed by atoms with Crippen LogP contribution in [0.2, 0.25) is 0 Å². The molecule has 0 amide bonds. The van der Waals surface area contributed by atoms with E-state index < -0.39 is 29.3 Å². The fourth-order valence-corrected chi connectivity index (χ4v) is 4.05. The summed E-state index contributed by atoms with van der Waals surface area (Å²) < 4.78 is 20.8. The highest BCUT2D eigenvalue weighted by molar-refractivity contribution is 5.82. The molecule has 0 saturated heterocycles. The van der Waals surface area contributed by atoms with Crippen LogP contribution in [0.1, 0.15) is 110 Å². The summed E-state index contributed by atoms with van der Waals surface area (Å²) >= 11 is 0. The second-order valence-electron chi connectivity index (χ2n) is 10.3. The van der Waals surface area contributed by atoms with Crippen LogP contribution in [-0.4, -0.2) is 50.3 Å². The zero-order valence-corrected chi connectivity index (χ0v) is 24.8. The summed E-state index contributed by atoms with van der Waals surface area (Å²) in [5.41, 5.74) is -1.30. The van der Waals surface area contributed by atoms with E-state index in [1.807, 2.05) is 0 Å². The quantitative estimate of drug-likeness (QED) is 0.0456. The molecular weight excluding hydrogens is 512 g/mol. The molecule has 0 atom stereocenters. The molecule has 0 N–H and O–H groups in total. The molecular formula is C32H52O8. The molecule has 8 heteroatoms. The van der Waals surface area contributed by atoms with Gasteiger partial charge in [-0.25, -0.2) is 14.4 Å². The van der Waals surface area contributed by atoms with E-state index in [4.69, 9.17) is 18.9 Å². The van der Waals surface area contributed by atoms with Crippen molar-refractivity contribution < 1.29 is 38.1 Å². The van der Waals surface area contributed by atoms with Gasteiger partial charge in [0.05, 0.1) is 0 Å². The number of carbonyl (C=O) groups is 4. The van der Waals surface area contributed by atoms with E-state index >= 15 is 0 Å². The summed E-state index contributed by atoms with van der Waals surface area (Å²) in [6.07, 6.45) is 21.6. The predicted octanol–water partition coefficient (Wildman–Crippen LogP) is 6.97. The van der Waals surface area contributed by atoms with Crippen molar-refractivity contribution in [3.8, 4) is 0 Å². The second-order valence-corrected chi connectivity index (χ2v) is 10.3. The van der Waals surface area contributed by atoms with Gasteiger partial charge in [0.1, 0.15) is 31.8 Å². The van der Waals surface area contributed by atoms with Gasteiger partial charge in [-0.05, 0) is 6.42 Å². The average Bonchev–Trinajstić information content (AvgIpc) is 2.97. The molecule has 0 aromatic rings. The monoisotopic (exact) mass is 564 g/mol. The Morgan fingerprint density at radius 2 is 0.800 bits per heavy atom. The number of ether oxygens (including phenoxy) is 4. The van der Waals surface area contributed by atoms with E-state index in [0.717, 1.165) is 37.5 Å². The summed E-state index contributed by atoms with van der Waals surface area (Å²) in [5, 5.41) is 0. The Morgan fingerprint density at radius 3 is 1.12 bits per heavy atom. The maximum Gasteiger partial charge on any atom is 0.330 e. The van der Waals surface area contributed by atoms with Crippen LogP contribution in [0.3, 0.4) is 0 Å². The van der Waals surface area contributed by atoms with Crippen molar-refractivity contribution >= 4 is 23.9 Å². The Balaban J connectivity index is 4.39. The number of unbranched alkanes of at least 4 members (excludes halogenated alkanes) is 14. The highest BCUT2D eigenvalue weighted by Crippen LogP contribution is 2.22. The van der Waals surface area contributed by atoms with Crippen LogP contribution in [0.15, 0.2) is 38.0 Å². The van der Waals surface area contributed by atoms with Crippen molar-refractivity contribution in [1.82, 2.24) is 0 Å². The minimum atomic E-state index is -1.30. The maximum absolute atomic E-state index is 12.4. The van der Waals surface area contributed by atoms with Crippen LogP contribution in [0, 0.1) is 5.41 Å². The van der Waals surface area contributed by atoms with Crippen LogP contribution in [0.5, 0.6) is 0 Å². The molecule has 0 aromatic heterocycles. The van der Waals surface area contributed by atoms with Gasteiger partial charge in [0, 0.05) is 24.6 Å². The van der Waals surface area contributed by atoms with E-state index in [9.17, 15) is 19.2 Å². The molecule has 0 unspecified atom stereocenters. The molecule has 0 radical (unpaired) electrons. The molecule has 228 valence electrons. The molecule has 0 fully saturated rings. The van der Waals surface area contributed by atoms with Gasteiger partial charge in [0.2, 0.25) is 0 Å². The van der Waals surface area contributed by atoms with E-state index in [-0.39, 0.29) is 32.8 Å². The Morgan fingerprint density at radius 1 is 0.500 bits per heavy atom. The lowest BCUT2D eigenvalue weighted by molar-refractivity contribution is -0.166. The molecule has 0 spiro atoms. The molecule has 0 rings (SSSR count). The number of esters is 4. The summed E-state index contributed by atoms with van der Waals surface area (Å²) in [6, 6.07) is 0. The Bertz CT molecular complexity index is 698. The third-order valence-corrected chi connectivity index (χ3v) is 6.59. The van der Waals surface area contributed by atoms with Crippen molar-refractivity contribution in [3.05, 3.63) is 38.0 Å². The normalized spacial score (nSPS) is 10.8. The molecule has 8 nitrogen and oxygen atoms in total. The molecule has 0 saturated carbocycles. The van der Waals surface area contributed by atoms with Gasteiger partial charge in [-0.3, -0.25) is 4.79 Å². The SMILES string of the molecule is C=CC(=O)OCC(COC(=O)C=C)(COC(=O)C=C)COC(=O)CCCCCCCCCCCCCCCCC. The van der Waals surface area contributed by atoms with Crippen LogP contribution in [0.4, 0.5) is 0 Å². The Kier molecular flexibility index (Phi) is 23.3. The first-order valence-corrected chi connectivity index (χ1v) is 14.9. The van der Waals surface area contributed by atoms with Gasteiger partial charge >= 0.3 is 23.9 Å². The molecule has 0 aromatic carbocycles. The van der Waals surface area contributed by atoms with Gasteiger partial charge in [-0.1, -0.05) is 117 Å². The standard InChI is InChI=1S/C32H52O8/c1-5-9-10-11-12-13-14-15-16-17-18-19-20-21-22-23-31(36)40-27-32(24-37-28(33)6-2,25-38-29(34)7-3)26-39-30(35)8-4/h6-8H,2-5,9-27H2,1H3. The summed E-state index contributed by atoms with van der Waals surface area (Å²) in [7, 11) is 0. The molecule has 0 heterocycles. The third kappa shape index (κ3) is 21.0. The van der Waals surface area contributed by atoms with E-state index in [1.54, 1.807) is 0 Å². The number of hydrogen-bond donors (Lipinski definition) is 0. The predicted molar refractivity (Wildman–Crippen MR) is 156 cm³/mol. The van der Waals surface area contributed by atoms with Crippen LogP contribution in [-0.2, 0) is 38.1 Å². The van der Waals surface area contributed by atoms with Crippen molar-refractivity contribution in [2.45, 2.75) is 110 Å². The molecule has 0 aliphatic heterocycles. The van der Waals surface area contributed by atoms with E-state index in [0.29, 0.717) is 6.42 Å². The van der Waals surface area contributed by atoms with Gasteiger partial charge in [0.25, 0.3) is 0 Å². The largest absolute Gasteiger partial charge is 0.465 e. The van der Waals surface area contributed by atoms with E-state index in [1.165, 1.54) is 70.6 Å². The maximum atomic E-state index is 12.4. The molecule has 0 bridgehead atoms. The van der Waals surface area contributed by atoms with Crippen LogP contribution in [0.25, 0.3) is 0 Å². The lowest BCUT2D eigenvalue weighted by atomic mass is 9.92. The Hall–Kier alpha value is -2.90. The minimum Gasteiger partial charge on any atom is -0.465 e. The summed E-state index contributed by atoms with van der Waals surface area (Å²) in [5.74, 6) is -2.60. The zero-order valence-electron chi connectivity index (χ0n) is 24.8. The second kappa shape index (κ2) is 25.1. The van der Waals surface area contributed by atoms with Crippen molar-refractivity contribution in [3.63, 3.8) is 0 Å². The first-order valence-electron chi connectivity index (χ1n) is 14.9. The first-order chi connectivity index (χ1) is 19.3. The van der Waals surface area contributed by atoms with Crippen molar-refractivity contribution in [2.24, 2.45) is 5.41 Å². The summed E-state index contributed by atoms with van der Waals surface area (Å²) in [6.45, 7) is 11.0. The highest BCUT2D eigenvalue weighted by atomic mass is 16.6. The average molecular weight is 565 g/mol. The van der Waals surface area contributed by atoms with Crippen LogP contribution >= 0.6 is 0 Å². The van der Waals surface area contributed by atoms with Gasteiger partial charge < -0.3 is 18.9 Å². The molecule has 40 heavy (non-hydrogen) atoms.